The summed E-state index contributed by atoms with van der Waals surface area (Å²) in [5, 5.41) is 12.5. The number of nitrogens with one attached hydrogen (secondary N) is 1. The molecule has 1 fully saturated rings. The van der Waals surface area contributed by atoms with Gasteiger partial charge < -0.3 is 15.2 Å². The third-order valence-electron chi connectivity index (χ3n) is 5.11. The third-order valence-corrected chi connectivity index (χ3v) is 5.11. The molecule has 0 unspecified atom stereocenters. The second-order valence-electron chi connectivity index (χ2n) is 7.20. The standard InChI is InChI=1S/C21H24N2O4/c1-15-7-9-21(10-8-15,20(25)26)23-19(24)17-5-2-6-18(12-17)27-14-16-4-3-11-22-13-16/h2-6,11-13,15H,7-10,14H2,1H3,(H,23,24)(H,25,26). The molecule has 6 nitrogen and oxygen atoms in total. The van der Waals surface area contributed by atoms with Gasteiger partial charge in [-0.25, -0.2) is 4.79 Å². The molecule has 2 N–H and O–H groups in total. The lowest BCUT2D eigenvalue weighted by Crippen LogP contribution is -2.56. The molecule has 1 saturated carbocycles. The van der Waals surface area contributed by atoms with Crippen molar-refractivity contribution >= 4 is 11.9 Å². The fourth-order valence-electron chi connectivity index (χ4n) is 3.31. The van der Waals surface area contributed by atoms with Crippen LogP contribution in [0.2, 0.25) is 0 Å². The Morgan fingerprint density at radius 1 is 1.26 bits per heavy atom. The van der Waals surface area contributed by atoms with Gasteiger partial charge >= 0.3 is 5.97 Å². The van der Waals surface area contributed by atoms with Crippen molar-refractivity contribution in [3.05, 3.63) is 59.9 Å². The van der Waals surface area contributed by atoms with E-state index in [9.17, 15) is 14.7 Å². The lowest BCUT2D eigenvalue weighted by molar-refractivity contribution is -0.146. The van der Waals surface area contributed by atoms with Crippen molar-refractivity contribution in [3.63, 3.8) is 0 Å². The number of carbonyl (C=O) groups excluding carboxylic acids is 1. The number of aromatic nitrogens is 1. The number of amides is 1. The number of ether oxygens (including phenoxy) is 1. The van der Waals surface area contributed by atoms with E-state index in [0.29, 0.717) is 36.7 Å². The lowest BCUT2D eigenvalue weighted by atomic mass is 9.77. The molecule has 0 spiro atoms. The molecule has 1 aliphatic rings. The van der Waals surface area contributed by atoms with Crippen molar-refractivity contribution in [2.24, 2.45) is 5.92 Å². The van der Waals surface area contributed by atoms with Crippen LogP contribution in [0.15, 0.2) is 48.8 Å². The highest BCUT2D eigenvalue weighted by molar-refractivity contribution is 5.98. The molecule has 3 rings (SSSR count). The fraction of sp³-hybridized carbons (Fsp3) is 0.381. The number of benzene rings is 1. The second-order valence-corrected chi connectivity index (χ2v) is 7.20. The van der Waals surface area contributed by atoms with E-state index in [1.165, 1.54) is 0 Å². The van der Waals surface area contributed by atoms with Gasteiger partial charge in [-0.05, 0) is 55.9 Å². The van der Waals surface area contributed by atoms with Crippen LogP contribution in [0.1, 0.15) is 48.5 Å². The summed E-state index contributed by atoms with van der Waals surface area (Å²) in [5.74, 6) is -0.322. The third kappa shape index (κ3) is 4.64. The van der Waals surface area contributed by atoms with E-state index in [-0.39, 0.29) is 0 Å². The molecule has 6 heteroatoms. The minimum atomic E-state index is -1.18. The number of carboxylic acids is 1. The first-order valence-electron chi connectivity index (χ1n) is 9.16. The Morgan fingerprint density at radius 3 is 2.70 bits per heavy atom. The van der Waals surface area contributed by atoms with Crippen LogP contribution in [0.25, 0.3) is 0 Å². The Hall–Kier alpha value is -2.89. The normalized spacial score (nSPS) is 22.0. The van der Waals surface area contributed by atoms with E-state index >= 15 is 0 Å². The molecule has 0 bridgehead atoms. The molecular weight excluding hydrogens is 344 g/mol. The van der Waals surface area contributed by atoms with Crippen LogP contribution in [0.5, 0.6) is 5.75 Å². The summed E-state index contributed by atoms with van der Waals surface area (Å²) in [6, 6.07) is 10.5. The summed E-state index contributed by atoms with van der Waals surface area (Å²) in [5.41, 5.74) is 0.127. The van der Waals surface area contributed by atoms with E-state index in [0.717, 1.165) is 18.4 Å². The minimum Gasteiger partial charge on any atom is -0.489 e. The topological polar surface area (TPSA) is 88.5 Å². The van der Waals surface area contributed by atoms with Crippen LogP contribution in [0.4, 0.5) is 0 Å². The van der Waals surface area contributed by atoms with Gasteiger partial charge in [0.1, 0.15) is 17.9 Å². The molecule has 0 aliphatic heterocycles. The summed E-state index contributed by atoms with van der Waals surface area (Å²) < 4.78 is 5.72. The van der Waals surface area contributed by atoms with E-state index < -0.39 is 17.4 Å². The fourth-order valence-corrected chi connectivity index (χ4v) is 3.31. The lowest BCUT2D eigenvalue weighted by Gasteiger charge is -2.36. The molecule has 1 aromatic heterocycles. The van der Waals surface area contributed by atoms with Gasteiger partial charge in [0.25, 0.3) is 5.91 Å². The van der Waals surface area contributed by atoms with Crippen LogP contribution in [-0.4, -0.2) is 27.5 Å². The van der Waals surface area contributed by atoms with Gasteiger partial charge in [-0.3, -0.25) is 9.78 Å². The van der Waals surface area contributed by atoms with Crippen molar-refractivity contribution < 1.29 is 19.4 Å². The monoisotopic (exact) mass is 368 g/mol. The molecule has 0 radical (unpaired) electrons. The average Bonchev–Trinajstić information content (AvgIpc) is 2.69. The zero-order valence-electron chi connectivity index (χ0n) is 15.4. The zero-order chi connectivity index (χ0) is 19.3. The summed E-state index contributed by atoms with van der Waals surface area (Å²) in [6.07, 6.45) is 5.90. The second kappa shape index (κ2) is 8.20. The van der Waals surface area contributed by atoms with Crippen molar-refractivity contribution in [3.8, 4) is 5.75 Å². The maximum atomic E-state index is 12.7. The van der Waals surface area contributed by atoms with Crippen LogP contribution < -0.4 is 10.1 Å². The van der Waals surface area contributed by atoms with Crippen LogP contribution in [0.3, 0.4) is 0 Å². The first kappa shape index (κ1) is 18.9. The molecule has 1 heterocycles. The molecule has 0 atom stereocenters. The molecular formula is C21H24N2O4. The Kier molecular flexibility index (Phi) is 5.74. The number of aliphatic carboxylic acids is 1. The SMILES string of the molecule is CC1CCC(NC(=O)c2cccc(OCc3cccnc3)c2)(C(=O)O)CC1. The van der Waals surface area contributed by atoms with Crippen LogP contribution in [0, 0.1) is 5.92 Å². The Labute approximate surface area is 158 Å². The predicted molar refractivity (Wildman–Crippen MR) is 100 cm³/mol. The number of hydrogen-bond donors (Lipinski definition) is 2. The van der Waals surface area contributed by atoms with Crippen LogP contribution >= 0.6 is 0 Å². The zero-order valence-corrected chi connectivity index (χ0v) is 15.4. The smallest absolute Gasteiger partial charge is 0.329 e. The molecule has 2 aromatic rings. The highest BCUT2D eigenvalue weighted by Gasteiger charge is 2.42. The maximum absolute atomic E-state index is 12.7. The molecule has 1 amide bonds. The minimum absolute atomic E-state index is 0.343. The van der Waals surface area contributed by atoms with E-state index in [1.54, 1.807) is 36.7 Å². The Balaban J connectivity index is 1.68. The largest absolute Gasteiger partial charge is 0.489 e. The van der Waals surface area contributed by atoms with Gasteiger partial charge in [0.05, 0.1) is 0 Å². The average molecular weight is 368 g/mol. The summed E-state index contributed by atoms with van der Waals surface area (Å²) in [6.45, 7) is 2.45. The van der Waals surface area contributed by atoms with E-state index in [4.69, 9.17) is 4.74 Å². The van der Waals surface area contributed by atoms with E-state index in [1.807, 2.05) is 12.1 Å². The summed E-state index contributed by atoms with van der Waals surface area (Å²) in [4.78, 5) is 28.6. The quantitative estimate of drug-likeness (QED) is 0.815. The number of carbonyl (C=O) groups is 2. The Morgan fingerprint density at radius 2 is 2.04 bits per heavy atom. The number of pyridine rings is 1. The van der Waals surface area contributed by atoms with Crippen LogP contribution in [-0.2, 0) is 11.4 Å². The van der Waals surface area contributed by atoms with Crippen molar-refractivity contribution in [2.75, 3.05) is 0 Å². The van der Waals surface area contributed by atoms with Gasteiger partial charge in [0, 0.05) is 23.5 Å². The molecule has 142 valence electrons. The highest BCUT2D eigenvalue weighted by atomic mass is 16.5. The van der Waals surface area contributed by atoms with Crippen molar-refractivity contribution in [1.29, 1.82) is 0 Å². The highest BCUT2D eigenvalue weighted by Crippen LogP contribution is 2.32. The first-order chi connectivity index (χ1) is 13.0. The predicted octanol–water partition coefficient (Wildman–Crippen LogP) is 3.42. The molecule has 1 aliphatic carbocycles. The van der Waals surface area contributed by atoms with Gasteiger partial charge in [0.15, 0.2) is 0 Å². The van der Waals surface area contributed by atoms with Crippen molar-refractivity contribution in [1.82, 2.24) is 10.3 Å². The number of rotatable bonds is 6. The maximum Gasteiger partial charge on any atom is 0.329 e. The van der Waals surface area contributed by atoms with Gasteiger partial charge in [0.2, 0.25) is 0 Å². The van der Waals surface area contributed by atoms with E-state index in [2.05, 4.69) is 17.2 Å². The molecule has 27 heavy (non-hydrogen) atoms. The summed E-state index contributed by atoms with van der Waals surface area (Å²) >= 11 is 0. The van der Waals surface area contributed by atoms with Crippen molar-refractivity contribution in [2.45, 2.75) is 44.8 Å². The number of nitrogens with zero attached hydrogens (tertiary/aromatic N) is 1. The summed E-state index contributed by atoms with van der Waals surface area (Å²) in [7, 11) is 0. The molecule has 1 aromatic carbocycles. The van der Waals surface area contributed by atoms with Gasteiger partial charge in [-0.1, -0.05) is 19.1 Å². The number of hydrogen-bond acceptors (Lipinski definition) is 4. The van der Waals surface area contributed by atoms with Gasteiger partial charge in [-0.2, -0.15) is 0 Å². The van der Waals surface area contributed by atoms with Gasteiger partial charge in [-0.15, -0.1) is 0 Å². The Bertz CT molecular complexity index is 799. The first-order valence-corrected chi connectivity index (χ1v) is 9.16. The number of carboxylic acid groups (broad SMARTS) is 1. The molecule has 0 saturated heterocycles.